The van der Waals surface area contributed by atoms with Crippen LogP contribution in [0, 0.1) is 17.3 Å². The summed E-state index contributed by atoms with van der Waals surface area (Å²) in [4.78, 5) is 27.8. The molecule has 4 rings (SSSR count). The minimum Gasteiger partial charge on any atom is -0.490 e. The number of hydrogen-bond acceptors (Lipinski definition) is 6. The van der Waals surface area contributed by atoms with Crippen LogP contribution in [-0.2, 0) is 4.79 Å². The van der Waals surface area contributed by atoms with Gasteiger partial charge in [-0.15, -0.1) is 5.10 Å². The zero-order chi connectivity index (χ0) is 24.3. The van der Waals surface area contributed by atoms with Gasteiger partial charge in [0.15, 0.2) is 5.82 Å². The predicted molar refractivity (Wildman–Crippen MR) is 129 cm³/mol. The Morgan fingerprint density at radius 3 is 2.50 bits per heavy atom. The predicted octanol–water partition coefficient (Wildman–Crippen LogP) is 3.74. The Labute approximate surface area is 200 Å². The third-order valence-corrected chi connectivity index (χ3v) is 6.78. The number of nitrogens with zero attached hydrogens (tertiary/aromatic N) is 4. The number of carboxylic acid groups (broad SMARTS) is 1. The molecule has 182 valence electrons. The highest BCUT2D eigenvalue weighted by molar-refractivity contribution is 5.93. The fourth-order valence-corrected chi connectivity index (χ4v) is 4.76. The first kappa shape index (κ1) is 23.8. The Kier molecular flexibility index (Phi) is 6.90. The van der Waals surface area contributed by atoms with Gasteiger partial charge in [0.1, 0.15) is 11.9 Å². The van der Waals surface area contributed by atoms with Gasteiger partial charge in [0.2, 0.25) is 5.91 Å². The molecular weight excluding hydrogens is 434 g/mol. The molecule has 0 radical (unpaired) electrons. The molecule has 3 unspecified atom stereocenters. The van der Waals surface area contributed by atoms with E-state index < -0.39 is 6.09 Å². The summed E-state index contributed by atoms with van der Waals surface area (Å²) >= 11 is 0. The summed E-state index contributed by atoms with van der Waals surface area (Å²) in [6.07, 6.45) is 2.11. The summed E-state index contributed by atoms with van der Waals surface area (Å²) in [5.41, 5.74) is 0.635. The van der Waals surface area contributed by atoms with Crippen LogP contribution >= 0.6 is 0 Å². The molecular formula is C25H33N5O4. The van der Waals surface area contributed by atoms with Crippen molar-refractivity contribution < 1.29 is 19.4 Å². The summed E-state index contributed by atoms with van der Waals surface area (Å²) in [5, 5.41) is 20.4. The molecule has 1 aromatic heterocycles. The second-order valence-corrected chi connectivity index (χ2v) is 10.2. The summed E-state index contributed by atoms with van der Waals surface area (Å²) < 4.78 is 6.29. The lowest BCUT2D eigenvalue weighted by molar-refractivity contribution is -0.119. The number of likely N-dealkylation sites (tertiary alicyclic amines) is 1. The van der Waals surface area contributed by atoms with Crippen LogP contribution in [0.5, 0.6) is 5.75 Å². The van der Waals surface area contributed by atoms with Gasteiger partial charge < -0.3 is 25.0 Å². The standard InChI is InChI=1S/C25H33N5O4/c1-25(2,3)20-16-30(24(32)33)14-11-21(20)34-19-8-6-18(7-9-19)27-23(31)17-10-13-29(15-17)22-5-4-12-26-28-22/h4-9,12,17,20-21H,10-11,13-16H2,1-3H3,(H,27,31)(H,32,33). The van der Waals surface area contributed by atoms with E-state index in [0.717, 1.165) is 30.2 Å². The minimum absolute atomic E-state index is 0.00565. The molecule has 0 spiro atoms. The molecule has 2 aliphatic heterocycles. The van der Waals surface area contributed by atoms with Crippen LogP contribution in [0.3, 0.4) is 0 Å². The average Bonchev–Trinajstić information content (AvgIpc) is 3.31. The van der Waals surface area contributed by atoms with E-state index >= 15 is 0 Å². The van der Waals surface area contributed by atoms with Crippen molar-refractivity contribution in [2.45, 2.75) is 39.7 Å². The van der Waals surface area contributed by atoms with Crippen molar-refractivity contribution in [3.63, 3.8) is 0 Å². The number of benzene rings is 1. The SMILES string of the molecule is CC(C)(C)C1CN(C(=O)O)CCC1Oc1ccc(NC(=O)C2CCN(c3cccnn3)C2)cc1. The molecule has 3 heterocycles. The molecule has 2 amide bonds. The van der Waals surface area contributed by atoms with Crippen molar-refractivity contribution in [2.24, 2.45) is 17.3 Å². The largest absolute Gasteiger partial charge is 0.490 e. The van der Waals surface area contributed by atoms with E-state index in [1.54, 1.807) is 6.20 Å². The molecule has 3 atom stereocenters. The minimum atomic E-state index is -0.880. The number of rotatable bonds is 5. The summed E-state index contributed by atoms with van der Waals surface area (Å²) in [6, 6.07) is 11.2. The molecule has 34 heavy (non-hydrogen) atoms. The first-order valence-corrected chi connectivity index (χ1v) is 11.8. The highest BCUT2D eigenvalue weighted by atomic mass is 16.5. The van der Waals surface area contributed by atoms with E-state index in [4.69, 9.17) is 4.74 Å². The van der Waals surface area contributed by atoms with Gasteiger partial charge in [0, 0.05) is 50.4 Å². The summed E-state index contributed by atoms with van der Waals surface area (Å²) in [7, 11) is 0. The van der Waals surface area contributed by atoms with Crippen LogP contribution < -0.4 is 15.0 Å². The van der Waals surface area contributed by atoms with Gasteiger partial charge in [0.05, 0.1) is 5.92 Å². The highest BCUT2D eigenvalue weighted by Crippen LogP contribution is 2.36. The number of ether oxygens (including phenoxy) is 1. The van der Waals surface area contributed by atoms with E-state index in [9.17, 15) is 14.7 Å². The number of amides is 2. The third-order valence-electron chi connectivity index (χ3n) is 6.78. The molecule has 2 saturated heterocycles. The topological polar surface area (TPSA) is 108 Å². The van der Waals surface area contributed by atoms with Crippen LogP contribution in [0.25, 0.3) is 0 Å². The monoisotopic (exact) mass is 467 g/mol. The number of anilines is 2. The third kappa shape index (κ3) is 5.58. The maximum absolute atomic E-state index is 12.8. The number of piperidine rings is 1. The maximum Gasteiger partial charge on any atom is 0.407 e. The Hall–Kier alpha value is -3.36. The number of aromatic nitrogens is 2. The van der Waals surface area contributed by atoms with Crippen LogP contribution in [0.15, 0.2) is 42.6 Å². The molecule has 1 aromatic carbocycles. The first-order valence-electron chi connectivity index (χ1n) is 11.8. The zero-order valence-corrected chi connectivity index (χ0v) is 20.0. The van der Waals surface area contributed by atoms with Crippen molar-refractivity contribution >= 4 is 23.5 Å². The molecule has 9 nitrogen and oxygen atoms in total. The molecule has 0 bridgehead atoms. The second kappa shape index (κ2) is 9.87. The smallest absolute Gasteiger partial charge is 0.407 e. The maximum atomic E-state index is 12.8. The lowest BCUT2D eigenvalue weighted by Crippen LogP contribution is -2.51. The van der Waals surface area contributed by atoms with Crippen molar-refractivity contribution in [1.29, 1.82) is 0 Å². The van der Waals surface area contributed by atoms with Gasteiger partial charge in [-0.3, -0.25) is 4.79 Å². The number of hydrogen-bond donors (Lipinski definition) is 2. The van der Waals surface area contributed by atoms with Crippen LogP contribution in [0.2, 0.25) is 0 Å². The molecule has 2 aliphatic rings. The Bertz CT molecular complexity index is 993. The van der Waals surface area contributed by atoms with E-state index in [1.807, 2.05) is 36.4 Å². The second-order valence-electron chi connectivity index (χ2n) is 10.2. The fourth-order valence-electron chi connectivity index (χ4n) is 4.76. The van der Waals surface area contributed by atoms with E-state index in [-0.39, 0.29) is 29.3 Å². The Morgan fingerprint density at radius 1 is 1.09 bits per heavy atom. The van der Waals surface area contributed by atoms with Gasteiger partial charge in [-0.1, -0.05) is 20.8 Å². The molecule has 2 N–H and O–H groups in total. The van der Waals surface area contributed by atoms with E-state index in [2.05, 4.69) is 41.2 Å². The van der Waals surface area contributed by atoms with E-state index in [0.29, 0.717) is 26.1 Å². The van der Waals surface area contributed by atoms with Crippen LogP contribution in [0.1, 0.15) is 33.6 Å². The van der Waals surface area contributed by atoms with Gasteiger partial charge in [-0.25, -0.2) is 4.79 Å². The van der Waals surface area contributed by atoms with Gasteiger partial charge >= 0.3 is 6.09 Å². The number of carbonyl (C=O) groups excluding carboxylic acids is 1. The average molecular weight is 468 g/mol. The quantitative estimate of drug-likeness (QED) is 0.690. The van der Waals surface area contributed by atoms with Crippen molar-refractivity contribution in [3.8, 4) is 5.75 Å². The number of nitrogens with one attached hydrogen (secondary N) is 1. The van der Waals surface area contributed by atoms with E-state index in [1.165, 1.54) is 4.90 Å². The molecule has 2 aromatic rings. The number of carbonyl (C=O) groups is 2. The summed E-state index contributed by atoms with van der Waals surface area (Å²) in [6.45, 7) is 8.68. The molecule has 2 fully saturated rings. The van der Waals surface area contributed by atoms with Gasteiger partial charge in [-0.05, 0) is 48.2 Å². The molecule has 0 aliphatic carbocycles. The van der Waals surface area contributed by atoms with Crippen molar-refractivity contribution in [2.75, 3.05) is 36.4 Å². The fraction of sp³-hybridized carbons (Fsp3) is 0.520. The van der Waals surface area contributed by atoms with Gasteiger partial charge in [0.25, 0.3) is 0 Å². The summed E-state index contributed by atoms with van der Waals surface area (Å²) in [5.74, 6) is 1.48. The van der Waals surface area contributed by atoms with Crippen molar-refractivity contribution in [3.05, 3.63) is 42.6 Å². The van der Waals surface area contributed by atoms with Gasteiger partial charge in [-0.2, -0.15) is 5.10 Å². The Balaban J connectivity index is 1.33. The Morgan fingerprint density at radius 2 is 1.85 bits per heavy atom. The van der Waals surface area contributed by atoms with Crippen molar-refractivity contribution in [1.82, 2.24) is 15.1 Å². The lowest BCUT2D eigenvalue weighted by atomic mass is 9.74. The van der Waals surface area contributed by atoms with Crippen LogP contribution in [0.4, 0.5) is 16.3 Å². The first-order chi connectivity index (χ1) is 16.2. The molecule has 9 heteroatoms. The zero-order valence-electron chi connectivity index (χ0n) is 20.0. The lowest BCUT2D eigenvalue weighted by Gasteiger charge is -2.43. The molecule has 0 saturated carbocycles. The van der Waals surface area contributed by atoms with Crippen LogP contribution in [-0.4, -0.2) is 64.5 Å². The normalized spacial score (nSPS) is 23.0. The highest BCUT2D eigenvalue weighted by Gasteiger charge is 2.40.